The molecule has 0 unspecified atom stereocenters. The van der Waals surface area contributed by atoms with Crippen molar-refractivity contribution in [2.24, 2.45) is 7.05 Å². The maximum atomic E-state index is 12.6. The number of fused-ring (bicyclic) bond motifs is 1. The van der Waals surface area contributed by atoms with Gasteiger partial charge < -0.3 is 5.21 Å². The number of hydrogen-bond acceptors (Lipinski definition) is 5. The lowest BCUT2D eigenvalue weighted by atomic mass is 10.2. The highest BCUT2D eigenvalue weighted by atomic mass is 16.5. The normalized spacial score (nSPS) is 11.0. The van der Waals surface area contributed by atoms with Gasteiger partial charge in [0.15, 0.2) is 0 Å². The molecule has 0 saturated carbocycles. The number of aryl methyl sites for hydroxylation is 1. The lowest BCUT2D eigenvalue weighted by Crippen LogP contribution is -2.47. The second kappa shape index (κ2) is 5.06. The molecule has 1 aromatic rings. The Kier molecular flexibility index (Phi) is 3.21. The predicted octanol–water partition coefficient (Wildman–Crippen LogP) is -0.238. The van der Waals surface area contributed by atoms with Crippen LogP contribution in [-0.2, 0) is 13.6 Å². The molecule has 2 aliphatic heterocycles. The molecule has 0 N–H and O–H groups in total. The van der Waals surface area contributed by atoms with E-state index in [-0.39, 0.29) is 17.3 Å². The minimum Gasteiger partial charge on any atom is -0.710 e. The summed E-state index contributed by atoms with van der Waals surface area (Å²) >= 11 is 0. The molecule has 0 atom stereocenters. The molecule has 0 aliphatic carbocycles. The van der Waals surface area contributed by atoms with E-state index in [2.05, 4.69) is 10.1 Å². The molecule has 3 rings (SSSR count). The summed E-state index contributed by atoms with van der Waals surface area (Å²) in [6.45, 7) is 2.16. The van der Waals surface area contributed by atoms with Crippen LogP contribution in [0.3, 0.4) is 0 Å². The quantitative estimate of drug-likeness (QED) is 0.480. The van der Waals surface area contributed by atoms with E-state index in [0.717, 1.165) is 4.57 Å². The maximum absolute atomic E-state index is 12.6. The number of rotatable bonds is 2. The van der Waals surface area contributed by atoms with E-state index < -0.39 is 11.2 Å². The van der Waals surface area contributed by atoms with Crippen molar-refractivity contribution < 1.29 is 4.73 Å². The average molecular weight is 299 g/mol. The van der Waals surface area contributed by atoms with Crippen molar-refractivity contribution in [1.29, 1.82) is 0 Å². The first-order valence-corrected chi connectivity index (χ1v) is 6.71. The number of benzene rings is 1. The molecule has 0 bridgehead atoms. The van der Waals surface area contributed by atoms with Crippen molar-refractivity contribution in [3.05, 3.63) is 56.4 Å². The van der Waals surface area contributed by atoms with Crippen LogP contribution in [0.5, 0.6) is 0 Å². The third-order valence-corrected chi connectivity index (χ3v) is 3.39. The van der Waals surface area contributed by atoms with E-state index in [0.29, 0.717) is 16.8 Å². The van der Waals surface area contributed by atoms with E-state index >= 15 is 0 Å². The standard InChI is InChI=1S/C14H13N5O3/c1-3-18-12-10(13(20)17(2)14(21)15-12)19(22)11(16-18)9-7-5-4-6-8-9/h4-8H,3H2,1-2H3. The van der Waals surface area contributed by atoms with Gasteiger partial charge in [0.25, 0.3) is 0 Å². The molecular formula is C14H13N5O3. The number of hydrogen-bond donors (Lipinski definition) is 0. The van der Waals surface area contributed by atoms with Crippen LogP contribution < -0.4 is 16.0 Å². The Balaban J connectivity index is 2.48. The van der Waals surface area contributed by atoms with Gasteiger partial charge in [0.2, 0.25) is 11.5 Å². The Morgan fingerprint density at radius 1 is 1.23 bits per heavy atom. The summed E-state index contributed by atoms with van der Waals surface area (Å²) < 4.78 is 2.63. The van der Waals surface area contributed by atoms with Gasteiger partial charge in [-0.15, -0.1) is 0 Å². The smallest absolute Gasteiger partial charge is 0.359 e. The zero-order valence-electron chi connectivity index (χ0n) is 12.1. The zero-order valence-corrected chi connectivity index (χ0v) is 12.1. The third kappa shape index (κ3) is 1.96. The zero-order chi connectivity index (χ0) is 15.9. The molecule has 8 nitrogen and oxygen atoms in total. The van der Waals surface area contributed by atoms with Crippen molar-refractivity contribution in [2.75, 3.05) is 0 Å². The van der Waals surface area contributed by atoms with Gasteiger partial charge in [0, 0.05) is 7.05 Å². The van der Waals surface area contributed by atoms with Crippen LogP contribution in [0.2, 0.25) is 0 Å². The highest BCUT2D eigenvalue weighted by Gasteiger charge is 2.28. The Morgan fingerprint density at radius 3 is 2.55 bits per heavy atom. The van der Waals surface area contributed by atoms with Gasteiger partial charge in [-0.05, 0) is 19.1 Å². The monoisotopic (exact) mass is 299 g/mol. The van der Waals surface area contributed by atoms with Gasteiger partial charge in [0.05, 0.1) is 17.2 Å². The van der Waals surface area contributed by atoms with Crippen molar-refractivity contribution in [1.82, 2.24) is 19.3 Å². The molecule has 8 heteroatoms. The molecule has 0 fully saturated rings. The summed E-state index contributed by atoms with van der Waals surface area (Å²) in [6, 6.07) is 8.81. The first kappa shape index (κ1) is 13.9. The van der Waals surface area contributed by atoms with Crippen LogP contribution in [0.4, 0.5) is 0 Å². The topological polar surface area (TPSA) is 96.7 Å². The first-order chi connectivity index (χ1) is 10.5. The van der Waals surface area contributed by atoms with Crippen LogP contribution in [-0.4, -0.2) is 19.3 Å². The molecular weight excluding hydrogens is 286 g/mol. The van der Waals surface area contributed by atoms with Crippen LogP contribution in [0, 0.1) is 5.21 Å². The van der Waals surface area contributed by atoms with Gasteiger partial charge >= 0.3 is 17.1 Å². The van der Waals surface area contributed by atoms with Gasteiger partial charge in [0.1, 0.15) is 0 Å². The highest BCUT2D eigenvalue weighted by molar-refractivity contribution is 5.54. The average Bonchev–Trinajstić information content (AvgIpc) is 2.53. The minimum atomic E-state index is -0.714. The Morgan fingerprint density at radius 2 is 1.91 bits per heavy atom. The molecule has 1 aromatic carbocycles. The predicted molar refractivity (Wildman–Crippen MR) is 78.2 cm³/mol. The van der Waals surface area contributed by atoms with E-state index in [1.54, 1.807) is 31.2 Å². The Hall–Kier alpha value is -3.03. The fourth-order valence-electron chi connectivity index (χ4n) is 2.21. The van der Waals surface area contributed by atoms with Gasteiger partial charge in [-0.3, -0.25) is 9.36 Å². The van der Waals surface area contributed by atoms with E-state index in [4.69, 9.17) is 0 Å². The summed E-state index contributed by atoms with van der Waals surface area (Å²) in [7, 11) is 1.29. The molecule has 2 heterocycles. The van der Waals surface area contributed by atoms with E-state index in [1.807, 2.05) is 6.07 Å². The second-order valence-corrected chi connectivity index (χ2v) is 4.73. The maximum Gasteiger partial charge on any atom is 0.359 e. The summed E-state index contributed by atoms with van der Waals surface area (Å²) in [5.41, 5.74) is -1.02. The van der Waals surface area contributed by atoms with Gasteiger partial charge in [-0.1, -0.05) is 18.2 Å². The summed E-state index contributed by atoms with van der Waals surface area (Å²) in [5.74, 6) is 0.0813. The van der Waals surface area contributed by atoms with Gasteiger partial charge in [-0.2, -0.15) is 9.67 Å². The SMILES string of the molecule is CCn1nc(-c2ccccc2)[n+]([O-])c2c(=O)n(C)c(=O)nc1-2. The first-order valence-electron chi connectivity index (χ1n) is 6.71. The molecule has 2 aliphatic rings. The van der Waals surface area contributed by atoms with Crippen LogP contribution in [0.15, 0.2) is 39.9 Å². The molecule has 0 radical (unpaired) electrons. The van der Waals surface area contributed by atoms with Crippen molar-refractivity contribution in [2.45, 2.75) is 13.5 Å². The highest BCUT2D eigenvalue weighted by Crippen LogP contribution is 2.16. The van der Waals surface area contributed by atoms with Gasteiger partial charge in [-0.25, -0.2) is 9.52 Å². The Labute approximate surface area is 124 Å². The fraction of sp³-hybridized carbons (Fsp3) is 0.214. The number of nitrogens with zero attached hydrogens (tertiary/aromatic N) is 5. The summed E-state index contributed by atoms with van der Waals surface area (Å²) in [5, 5.41) is 16.8. The van der Waals surface area contributed by atoms with Crippen LogP contribution in [0.25, 0.3) is 22.9 Å². The van der Waals surface area contributed by atoms with Crippen molar-refractivity contribution in [3.63, 3.8) is 0 Å². The Bertz CT molecular complexity index is 930. The van der Waals surface area contributed by atoms with Crippen LogP contribution in [0.1, 0.15) is 6.92 Å². The molecule has 22 heavy (non-hydrogen) atoms. The van der Waals surface area contributed by atoms with Crippen molar-refractivity contribution in [3.8, 4) is 22.9 Å². The third-order valence-electron chi connectivity index (χ3n) is 3.39. The molecule has 0 aromatic heterocycles. The lowest BCUT2D eigenvalue weighted by molar-refractivity contribution is -0.587. The summed E-state index contributed by atoms with van der Waals surface area (Å²) in [4.78, 5) is 27.8. The second-order valence-electron chi connectivity index (χ2n) is 4.73. The number of aromatic nitrogens is 5. The van der Waals surface area contributed by atoms with Crippen molar-refractivity contribution >= 4 is 0 Å². The molecule has 0 saturated heterocycles. The fourth-order valence-corrected chi connectivity index (χ4v) is 2.21. The minimum absolute atomic E-state index is 0.00900. The largest absolute Gasteiger partial charge is 0.710 e. The molecule has 0 spiro atoms. The summed E-state index contributed by atoms with van der Waals surface area (Å²) in [6.07, 6.45) is 0. The van der Waals surface area contributed by atoms with Crippen LogP contribution >= 0.6 is 0 Å². The lowest BCUT2D eigenvalue weighted by Gasteiger charge is -2.15. The molecule has 112 valence electrons. The van der Waals surface area contributed by atoms with E-state index in [1.165, 1.54) is 11.7 Å². The van der Waals surface area contributed by atoms with E-state index in [9.17, 15) is 14.8 Å². The molecule has 0 amide bonds.